The van der Waals surface area contributed by atoms with E-state index in [2.05, 4.69) is 6.58 Å². The predicted molar refractivity (Wildman–Crippen MR) is 63.5 cm³/mol. The van der Waals surface area contributed by atoms with E-state index in [1.807, 2.05) is 0 Å². The van der Waals surface area contributed by atoms with Gasteiger partial charge in [0.2, 0.25) is 0 Å². The third-order valence-electron chi connectivity index (χ3n) is 2.23. The van der Waals surface area contributed by atoms with Gasteiger partial charge < -0.3 is 23.7 Å². The average Bonchev–Trinajstić information content (AvgIpc) is 2.39. The Balaban J connectivity index is 2.33. The molecular weight excluding hydrogens is 240 g/mol. The van der Waals surface area contributed by atoms with Crippen molar-refractivity contribution in [3.63, 3.8) is 0 Å². The van der Waals surface area contributed by atoms with Crippen molar-refractivity contribution in [3.8, 4) is 0 Å². The zero-order valence-corrected chi connectivity index (χ0v) is 10.5. The largest absolute Gasteiger partial charge is 0.508 e. The molecule has 1 rings (SSSR count). The Hall–Kier alpha value is -1.11. The van der Waals surface area contributed by atoms with Crippen LogP contribution in [-0.2, 0) is 23.7 Å². The van der Waals surface area contributed by atoms with Crippen LogP contribution in [0.1, 0.15) is 6.42 Å². The lowest BCUT2D eigenvalue weighted by atomic mass is 10.3. The molecule has 104 valence electrons. The van der Waals surface area contributed by atoms with Gasteiger partial charge in [0.05, 0.1) is 45.7 Å². The summed E-state index contributed by atoms with van der Waals surface area (Å²) in [5, 5.41) is 0. The van der Waals surface area contributed by atoms with Crippen LogP contribution < -0.4 is 0 Å². The topological polar surface area (TPSA) is 63.2 Å². The minimum absolute atomic E-state index is 0.128. The molecule has 6 nitrogen and oxygen atoms in total. The first-order valence-corrected chi connectivity index (χ1v) is 6.00. The van der Waals surface area contributed by atoms with Gasteiger partial charge in [0.25, 0.3) is 0 Å². The molecule has 1 aliphatic heterocycles. The Kier molecular flexibility index (Phi) is 8.20. The molecule has 0 aromatic rings. The number of rotatable bonds is 3. The monoisotopic (exact) mass is 260 g/mol. The average molecular weight is 260 g/mol. The fraction of sp³-hybridized carbons (Fsp3) is 0.750. The van der Waals surface area contributed by atoms with E-state index < -0.39 is 6.16 Å². The van der Waals surface area contributed by atoms with Gasteiger partial charge in [-0.25, -0.2) is 4.79 Å². The van der Waals surface area contributed by atoms with Gasteiger partial charge in [0, 0.05) is 6.42 Å². The van der Waals surface area contributed by atoms with Crippen molar-refractivity contribution in [2.45, 2.75) is 12.5 Å². The highest BCUT2D eigenvalue weighted by Crippen LogP contribution is 2.02. The van der Waals surface area contributed by atoms with Crippen LogP contribution in [0, 0.1) is 0 Å². The van der Waals surface area contributed by atoms with E-state index in [0.717, 1.165) is 0 Å². The number of carbonyl (C=O) groups excluding carboxylic acids is 1. The summed E-state index contributed by atoms with van der Waals surface area (Å²) < 4.78 is 25.8. The van der Waals surface area contributed by atoms with Gasteiger partial charge in [-0.3, -0.25) is 0 Å². The molecule has 0 N–H and O–H groups in total. The molecule has 1 unspecified atom stereocenters. The second-order valence-electron chi connectivity index (χ2n) is 3.67. The molecule has 1 aliphatic rings. The maximum absolute atomic E-state index is 11.1. The van der Waals surface area contributed by atoms with E-state index >= 15 is 0 Å². The van der Waals surface area contributed by atoms with Crippen LogP contribution in [0.5, 0.6) is 0 Å². The molecule has 0 spiro atoms. The molecule has 0 amide bonds. The van der Waals surface area contributed by atoms with Crippen molar-refractivity contribution in [1.82, 2.24) is 0 Å². The van der Waals surface area contributed by atoms with Gasteiger partial charge in [0.1, 0.15) is 6.61 Å². The predicted octanol–water partition coefficient (Wildman–Crippen LogP) is 1.15. The molecule has 0 aromatic heterocycles. The second-order valence-corrected chi connectivity index (χ2v) is 3.67. The summed E-state index contributed by atoms with van der Waals surface area (Å²) >= 11 is 0. The zero-order chi connectivity index (χ0) is 13.1. The number of hydrogen-bond acceptors (Lipinski definition) is 6. The van der Waals surface area contributed by atoms with Crippen LogP contribution in [0.2, 0.25) is 0 Å². The normalized spacial score (nSPS) is 23.8. The molecule has 1 heterocycles. The van der Waals surface area contributed by atoms with Crippen LogP contribution in [0.15, 0.2) is 12.7 Å². The molecule has 0 aromatic carbocycles. The molecule has 0 radical (unpaired) electrons. The molecule has 1 atom stereocenters. The number of hydrogen-bond donors (Lipinski definition) is 0. The third-order valence-corrected chi connectivity index (χ3v) is 2.23. The van der Waals surface area contributed by atoms with Crippen molar-refractivity contribution < 1.29 is 28.5 Å². The first kappa shape index (κ1) is 14.9. The first-order chi connectivity index (χ1) is 8.83. The molecule has 0 saturated carbocycles. The maximum Gasteiger partial charge on any atom is 0.508 e. The molecule has 0 bridgehead atoms. The van der Waals surface area contributed by atoms with E-state index in [1.165, 1.54) is 0 Å². The summed E-state index contributed by atoms with van der Waals surface area (Å²) in [7, 11) is 0. The molecule has 1 fully saturated rings. The Morgan fingerprint density at radius 1 is 1.17 bits per heavy atom. The lowest BCUT2D eigenvalue weighted by molar-refractivity contribution is -0.0299. The van der Waals surface area contributed by atoms with Gasteiger partial charge in [-0.1, -0.05) is 6.08 Å². The number of cyclic esters (lactones) is 2. The maximum atomic E-state index is 11.1. The lowest BCUT2D eigenvalue weighted by Gasteiger charge is -2.16. The van der Waals surface area contributed by atoms with Gasteiger partial charge in [-0.05, 0) is 0 Å². The van der Waals surface area contributed by atoms with E-state index in [4.69, 9.17) is 23.7 Å². The summed E-state index contributed by atoms with van der Waals surface area (Å²) in [6, 6.07) is 0. The molecule has 1 saturated heterocycles. The summed E-state index contributed by atoms with van der Waals surface area (Å²) in [4.78, 5) is 11.1. The van der Waals surface area contributed by atoms with Crippen LogP contribution in [0.3, 0.4) is 0 Å². The van der Waals surface area contributed by atoms with E-state index in [9.17, 15) is 4.79 Å². The van der Waals surface area contributed by atoms with Crippen LogP contribution in [-0.4, -0.2) is 58.5 Å². The number of carbonyl (C=O) groups is 1. The smallest absolute Gasteiger partial charge is 0.434 e. The van der Waals surface area contributed by atoms with Crippen molar-refractivity contribution in [3.05, 3.63) is 12.7 Å². The summed E-state index contributed by atoms with van der Waals surface area (Å²) in [5.74, 6) is 0. The highest BCUT2D eigenvalue weighted by atomic mass is 16.7. The van der Waals surface area contributed by atoms with Crippen molar-refractivity contribution in [2.75, 3.05) is 46.2 Å². The Morgan fingerprint density at radius 3 is 2.72 bits per heavy atom. The Bertz CT molecular complexity index is 243. The van der Waals surface area contributed by atoms with E-state index in [0.29, 0.717) is 39.5 Å². The molecule has 0 aliphatic carbocycles. The van der Waals surface area contributed by atoms with Crippen molar-refractivity contribution in [2.24, 2.45) is 0 Å². The van der Waals surface area contributed by atoms with Gasteiger partial charge in [0.15, 0.2) is 0 Å². The standard InChI is InChI=1S/C12H20O6/c1-2-4-16-11-3-5-17-12(13)18-9-8-14-6-7-15-10-11/h2,11H,1,3-10H2. The van der Waals surface area contributed by atoms with Gasteiger partial charge in [-0.2, -0.15) is 0 Å². The molecular formula is C12H20O6. The fourth-order valence-electron chi connectivity index (χ4n) is 1.35. The zero-order valence-electron chi connectivity index (χ0n) is 10.5. The Morgan fingerprint density at radius 2 is 1.89 bits per heavy atom. The van der Waals surface area contributed by atoms with Crippen LogP contribution in [0.4, 0.5) is 4.79 Å². The van der Waals surface area contributed by atoms with Gasteiger partial charge in [-0.15, -0.1) is 6.58 Å². The molecule has 6 heteroatoms. The quantitative estimate of drug-likeness (QED) is 0.560. The van der Waals surface area contributed by atoms with E-state index in [-0.39, 0.29) is 19.3 Å². The highest BCUT2D eigenvalue weighted by Gasteiger charge is 2.12. The fourth-order valence-corrected chi connectivity index (χ4v) is 1.35. The lowest BCUT2D eigenvalue weighted by Crippen LogP contribution is -2.23. The van der Waals surface area contributed by atoms with Crippen LogP contribution >= 0.6 is 0 Å². The second kappa shape index (κ2) is 9.87. The van der Waals surface area contributed by atoms with Crippen molar-refractivity contribution >= 4 is 6.16 Å². The van der Waals surface area contributed by atoms with Crippen molar-refractivity contribution in [1.29, 1.82) is 0 Å². The summed E-state index contributed by atoms with van der Waals surface area (Å²) in [5.41, 5.74) is 0. The number of ether oxygens (including phenoxy) is 5. The first-order valence-electron chi connectivity index (χ1n) is 6.00. The van der Waals surface area contributed by atoms with Gasteiger partial charge >= 0.3 is 6.16 Å². The SMILES string of the molecule is C=CCOC1CCOC(=O)OCCOCCOC1. The Labute approximate surface area is 107 Å². The summed E-state index contributed by atoms with van der Waals surface area (Å²) in [6.45, 7) is 6.19. The highest BCUT2D eigenvalue weighted by molar-refractivity contribution is 5.59. The summed E-state index contributed by atoms with van der Waals surface area (Å²) in [6.07, 6.45) is 1.42. The van der Waals surface area contributed by atoms with E-state index in [1.54, 1.807) is 6.08 Å². The minimum Gasteiger partial charge on any atom is -0.434 e. The minimum atomic E-state index is -0.679. The molecule has 18 heavy (non-hydrogen) atoms. The van der Waals surface area contributed by atoms with Crippen LogP contribution in [0.25, 0.3) is 0 Å². The third kappa shape index (κ3) is 7.26.